The first-order chi connectivity index (χ1) is 10.7. The van der Waals surface area contributed by atoms with Crippen molar-refractivity contribution >= 4 is 17.2 Å². The van der Waals surface area contributed by atoms with E-state index >= 15 is 0 Å². The molecule has 2 atom stereocenters. The standard InChI is InChI=1S/C16H19N3O2S/c20-14-6-13(7-17-16(21)15-10-22-11-18-15)19(9-14)8-12-4-2-1-3-5-12/h1-5,10-11,13-14,20H,6-9H2,(H,17,21). The first-order valence-corrected chi connectivity index (χ1v) is 8.29. The first-order valence-electron chi connectivity index (χ1n) is 7.35. The molecule has 3 rings (SSSR count). The molecule has 0 bridgehead atoms. The van der Waals surface area contributed by atoms with Crippen LogP contribution in [0.2, 0.25) is 0 Å². The van der Waals surface area contributed by atoms with Crippen LogP contribution < -0.4 is 5.32 Å². The average Bonchev–Trinajstić information content (AvgIpc) is 3.16. The van der Waals surface area contributed by atoms with Gasteiger partial charge in [0.05, 0.1) is 11.6 Å². The van der Waals surface area contributed by atoms with Crippen molar-refractivity contribution in [3.8, 4) is 0 Å². The van der Waals surface area contributed by atoms with Gasteiger partial charge in [-0.05, 0) is 12.0 Å². The Labute approximate surface area is 133 Å². The molecule has 0 radical (unpaired) electrons. The number of amides is 1. The summed E-state index contributed by atoms with van der Waals surface area (Å²) < 4.78 is 0. The summed E-state index contributed by atoms with van der Waals surface area (Å²) in [6.07, 6.45) is 0.356. The van der Waals surface area contributed by atoms with Gasteiger partial charge in [0.25, 0.3) is 5.91 Å². The number of carbonyl (C=O) groups excluding carboxylic acids is 1. The lowest BCUT2D eigenvalue weighted by atomic mass is 10.1. The van der Waals surface area contributed by atoms with Gasteiger partial charge < -0.3 is 10.4 Å². The SMILES string of the molecule is O=C(NCC1CC(O)CN1Cc1ccccc1)c1cscn1. The van der Waals surface area contributed by atoms with Gasteiger partial charge in [0.1, 0.15) is 5.69 Å². The number of aromatic nitrogens is 1. The van der Waals surface area contributed by atoms with E-state index in [1.807, 2.05) is 18.2 Å². The quantitative estimate of drug-likeness (QED) is 0.877. The maximum atomic E-state index is 12.0. The Hall–Kier alpha value is -1.76. The molecule has 1 aromatic heterocycles. The van der Waals surface area contributed by atoms with E-state index in [9.17, 15) is 9.90 Å². The number of carbonyl (C=O) groups is 1. The molecule has 2 aromatic rings. The van der Waals surface area contributed by atoms with Crippen molar-refractivity contribution < 1.29 is 9.90 Å². The molecule has 1 fully saturated rings. The predicted octanol–water partition coefficient (Wildman–Crippen LogP) is 1.51. The molecule has 0 aliphatic carbocycles. The van der Waals surface area contributed by atoms with Crippen LogP contribution in [0.5, 0.6) is 0 Å². The number of benzene rings is 1. The minimum atomic E-state index is -0.329. The third-order valence-corrected chi connectivity index (χ3v) is 4.48. The molecule has 1 aliphatic rings. The highest BCUT2D eigenvalue weighted by atomic mass is 32.1. The first kappa shape index (κ1) is 15.1. The van der Waals surface area contributed by atoms with Crippen molar-refractivity contribution in [1.29, 1.82) is 0 Å². The van der Waals surface area contributed by atoms with Crippen LogP contribution in [0.4, 0.5) is 0 Å². The van der Waals surface area contributed by atoms with E-state index in [1.54, 1.807) is 10.9 Å². The number of aliphatic hydroxyl groups is 1. The van der Waals surface area contributed by atoms with E-state index in [0.717, 1.165) is 6.54 Å². The van der Waals surface area contributed by atoms with Crippen LogP contribution in [0.25, 0.3) is 0 Å². The zero-order valence-corrected chi connectivity index (χ0v) is 13.0. The summed E-state index contributed by atoms with van der Waals surface area (Å²) in [5.74, 6) is -0.151. The molecule has 0 saturated carbocycles. The van der Waals surface area contributed by atoms with Crippen molar-refractivity contribution in [1.82, 2.24) is 15.2 Å². The third kappa shape index (κ3) is 3.71. The van der Waals surface area contributed by atoms with Crippen molar-refractivity contribution in [3.63, 3.8) is 0 Å². The molecule has 1 saturated heterocycles. The van der Waals surface area contributed by atoms with Gasteiger partial charge in [-0.3, -0.25) is 9.69 Å². The van der Waals surface area contributed by atoms with Gasteiger partial charge in [-0.2, -0.15) is 0 Å². The van der Waals surface area contributed by atoms with Gasteiger partial charge in [-0.1, -0.05) is 30.3 Å². The molecule has 1 amide bonds. The highest BCUT2D eigenvalue weighted by Crippen LogP contribution is 2.20. The second-order valence-corrected chi connectivity index (χ2v) is 6.26. The van der Waals surface area contributed by atoms with Gasteiger partial charge in [0, 0.05) is 31.1 Å². The number of hydrogen-bond donors (Lipinski definition) is 2. The van der Waals surface area contributed by atoms with E-state index in [4.69, 9.17) is 0 Å². The topological polar surface area (TPSA) is 65.5 Å². The Morgan fingerprint density at radius 1 is 1.41 bits per heavy atom. The van der Waals surface area contributed by atoms with E-state index < -0.39 is 0 Å². The number of hydrogen-bond acceptors (Lipinski definition) is 5. The normalized spacial score (nSPS) is 21.9. The van der Waals surface area contributed by atoms with Crippen molar-refractivity contribution in [2.75, 3.05) is 13.1 Å². The largest absolute Gasteiger partial charge is 0.392 e. The summed E-state index contributed by atoms with van der Waals surface area (Å²) in [6, 6.07) is 10.3. The third-order valence-electron chi connectivity index (χ3n) is 3.90. The summed E-state index contributed by atoms with van der Waals surface area (Å²) in [4.78, 5) is 18.2. The number of thiazole rings is 1. The van der Waals surface area contributed by atoms with Gasteiger partial charge in [0.15, 0.2) is 0 Å². The maximum Gasteiger partial charge on any atom is 0.270 e. The molecule has 6 heteroatoms. The Morgan fingerprint density at radius 3 is 2.95 bits per heavy atom. The summed E-state index contributed by atoms with van der Waals surface area (Å²) in [5.41, 5.74) is 3.32. The molecular formula is C16H19N3O2S. The van der Waals surface area contributed by atoms with Crippen LogP contribution in [0.15, 0.2) is 41.2 Å². The number of rotatable bonds is 5. The molecule has 5 nitrogen and oxygen atoms in total. The molecule has 2 unspecified atom stereocenters. The summed E-state index contributed by atoms with van der Waals surface area (Å²) in [6.45, 7) is 1.96. The minimum absolute atomic E-state index is 0.151. The molecule has 0 spiro atoms. The monoisotopic (exact) mass is 317 g/mol. The molecule has 2 heterocycles. The van der Waals surface area contributed by atoms with Crippen LogP contribution in [0, 0.1) is 0 Å². The minimum Gasteiger partial charge on any atom is -0.392 e. The summed E-state index contributed by atoms with van der Waals surface area (Å²) >= 11 is 1.41. The number of likely N-dealkylation sites (tertiary alicyclic amines) is 1. The fraction of sp³-hybridized carbons (Fsp3) is 0.375. The van der Waals surface area contributed by atoms with E-state index in [2.05, 4.69) is 27.3 Å². The number of nitrogens with one attached hydrogen (secondary N) is 1. The molecular weight excluding hydrogens is 298 g/mol. The molecule has 1 aromatic carbocycles. The van der Waals surface area contributed by atoms with Gasteiger partial charge in [-0.15, -0.1) is 11.3 Å². The van der Waals surface area contributed by atoms with Gasteiger partial charge in [0.2, 0.25) is 0 Å². The highest BCUT2D eigenvalue weighted by Gasteiger charge is 2.31. The fourth-order valence-electron chi connectivity index (χ4n) is 2.81. The summed E-state index contributed by atoms with van der Waals surface area (Å²) in [5, 5.41) is 14.6. The summed E-state index contributed by atoms with van der Waals surface area (Å²) in [7, 11) is 0. The predicted molar refractivity (Wildman–Crippen MR) is 85.7 cm³/mol. The van der Waals surface area contributed by atoms with Gasteiger partial charge in [-0.25, -0.2) is 4.98 Å². The molecule has 22 heavy (non-hydrogen) atoms. The highest BCUT2D eigenvalue weighted by molar-refractivity contribution is 7.07. The Kier molecular flexibility index (Phi) is 4.82. The van der Waals surface area contributed by atoms with Crippen LogP contribution in [0.3, 0.4) is 0 Å². The molecule has 116 valence electrons. The lowest BCUT2D eigenvalue weighted by molar-refractivity contribution is 0.0935. The lowest BCUT2D eigenvalue weighted by Gasteiger charge is -2.24. The molecule has 2 N–H and O–H groups in total. The Balaban J connectivity index is 1.58. The average molecular weight is 317 g/mol. The number of aliphatic hydroxyl groups excluding tert-OH is 1. The van der Waals surface area contributed by atoms with E-state index in [-0.39, 0.29) is 18.1 Å². The smallest absolute Gasteiger partial charge is 0.270 e. The van der Waals surface area contributed by atoms with Crippen LogP contribution >= 0.6 is 11.3 Å². The Morgan fingerprint density at radius 2 is 2.23 bits per heavy atom. The van der Waals surface area contributed by atoms with Gasteiger partial charge >= 0.3 is 0 Å². The lowest BCUT2D eigenvalue weighted by Crippen LogP contribution is -2.39. The number of nitrogens with zero attached hydrogens (tertiary/aromatic N) is 2. The van der Waals surface area contributed by atoms with Crippen LogP contribution in [-0.4, -0.2) is 46.1 Å². The zero-order valence-electron chi connectivity index (χ0n) is 12.2. The van der Waals surface area contributed by atoms with E-state index in [1.165, 1.54) is 16.9 Å². The Bertz CT molecular complexity index is 603. The van der Waals surface area contributed by atoms with Crippen LogP contribution in [0.1, 0.15) is 22.5 Å². The van der Waals surface area contributed by atoms with Crippen molar-refractivity contribution in [2.45, 2.75) is 25.1 Å². The maximum absolute atomic E-state index is 12.0. The zero-order chi connectivity index (χ0) is 15.4. The van der Waals surface area contributed by atoms with Crippen molar-refractivity contribution in [3.05, 3.63) is 52.5 Å². The van der Waals surface area contributed by atoms with Crippen LogP contribution in [-0.2, 0) is 6.54 Å². The molecule has 1 aliphatic heterocycles. The second kappa shape index (κ2) is 7.00. The fourth-order valence-corrected chi connectivity index (χ4v) is 3.34. The van der Waals surface area contributed by atoms with E-state index in [0.29, 0.717) is 25.2 Å². The number of β-amino-alcohol motifs (C(OH)–C–C–N with tert-alkyl or cyclic N) is 1. The second-order valence-electron chi connectivity index (χ2n) is 5.54. The van der Waals surface area contributed by atoms with Crippen molar-refractivity contribution in [2.24, 2.45) is 0 Å².